The van der Waals surface area contributed by atoms with E-state index in [4.69, 9.17) is 5.11 Å². The van der Waals surface area contributed by atoms with Gasteiger partial charge in [0.25, 0.3) is 0 Å². The summed E-state index contributed by atoms with van der Waals surface area (Å²) in [4.78, 5) is 22.5. The van der Waals surface area contributed by atoms with Crippen molar-refractivity contribution >= 4 is 11.9 Å². The number of carboxylic acids is 1. The third-order valence-corrected chi connectivity index (χ3v) is 2.84. The predicted molar refractivity (Wildman–Crippen MR) is 73.5 cm³/mol. The quantitative estimate of drug-likeness (QED) is 0.748. The van der Waals surface area contributed by atoms with E-state index in [0.29, 0.717) is 11.1 Å². The monoisotopic (exact) mass is 288 g/mol. The van der Waals surface area contributed by atoms with Gasteiger partial charge in [-0.3, -0.25) is 0 Å². The molecule has 0 aliphatic heterocycles. The zero-order valence-corrected chi connectivity index (χ0v) is 11.0. The summed E-state index contributed by atoms with van der Waals surface area (Å²) in [5.41, 5.74) is 0.753. The maximum Gasteiger partial charge on any atom is 0.338 e. The molecule has 0 aromatic heterocycles. The van der Waals surface area contributed by atoms with Crippen LogP contribution in [0, 0.1) is 0 Å². The lowest BCUT2D eigenvalue weighted by atomic mass is 10.00. The van der Waals surface area contributed by atoms with E-state index in [1.165, 1.54) is 37.4 Å². The summed E-state index contributed by atoms with van der Waals surface area (Å²) in [5, 5.41) is 28.2. The van der Waals surface area contributed by atoms with Crippen LogP contribution in [0.3, 0.4) is 0 Å². The molecule has 0 saturated carbocycles. The second-order valence-electron chi connectivity index (χ2n) is 4.33. The lowest BCUT2D eigenvalue weighted by Gasteiger charge is -2.08. The van der Waals surface area contributed by atoms with Crippen molar-refractivity contribution in [2.75, 3.05) is 7.11 Å². The van der Waals surface area contributed by atoms with E-state index in [2.05, 4.69) is 4.74 Å². The van der Waals surface area contributed by atoms with Crippen molar-refractivity contribution in [1.82, 2.24) is 0 Å². The summed E-state index contributed by atoms with van der Waals surface area (Å²) in [5.74, 6) is -2.23. The van der Waals surface area contributed by atoms with Gasteiger partial charge in [0.1, 0.15) is 11.5 Å². The van der Waals surface area contributed by atoms with Crippen LogP contribution < -0.4 is 0 Å². The first-order valence-electron chi connectivity index (χ1n) is 5.91. The minimum absolute atomic E-state index is 0.104. The number of benzene rings is 2. The number of carboxylic acid groups (broad SMARTS) is 1. The molecule has 6 heteroatoms. The number of phenolic OH excluding ortho intramolecular Hbond substituents is 2. The average molecular weight is 288 g/mol. The van der Waals surface area contributed by atoms with Crippen LogP contribution in [0.4, 0.5) is 0 Å². The number of rotatable bonds is 3. The molecule has 108 valence electrons. The lowest BCUT2D eigenvalue weighted by molar-refractivity contribution is 0.0599. The van der Waals surface area contributed by atoms with E-state index in [0.717, 1.165) is 6.07 Å². The van der Waals surface area contributed by atoms with E-state index in [1.807, 2.05) is 0 Å². The van der Waals surface area contributed by atoms with Gasteiger partial charge in [0.2, 0.25) is 0 Å². The van der Waals surface area contributed by atoms with Crippen LogP contribution >= 0.6 is 0 Å². The summed E-state index contributed by atoms with van der Waals surface area (Å²) >= 11 is 0. The number of phenols is 2. The van der Waals surface area contributed by atoms with Crippen LogP contribution in [0.5, 0.6) is 11.5 Å². The Morgan fingerprint density at radius 1 is 0.857 bits per heavy atom. The zero-order valence-electron chi connectivity index (χ0n) is 11.0. The Balaban J connectivity index is 2.58. The number of ether oxygens (including phenoxy) is 1. The molecule has 0 bridgehead atoms. The number of methoxy groups -OCH3 is 1. The molecule has 0 heterocycles. The second kappa shape index (κ2) is 5.54. The summed E-state index contributed by atoms with van der Waals surface area (Å²) in [6, 6.07) is 7.80. The average Bonchev–Trinajstić information content (AvgIpc) is 2.45. The third-order valence-electron chi connectivity index (χ3n) is 2.84. The second-order valence-corrected chi connectivity index (χ2v) is 4.33. The Labute approximate surface area is 119 Å². The number of aromatic carboxylic acids is 1. The molecule has 0 unspecified atom stereocenters. The van der Waals surface area contributed by atoms with Gasteiger partial charge >= 0.3 is 11.9 Å². The van der Waals surface area contributed by atoms with E-state index in [1.54, 1.807) is 0 Å². The largest absolute Gasteiger partial charge is 0.508 e. The third kappa shape index (κ3) is 3.11. The van der Waals surface area contributed by atoms with Crippen LogP contribution in [-0.2, 0) is 4.74 Å². The number of carbonyl (C=O) groups is 2. The van der Waals surface area contributed by atoms with Crippen LogP contribution in [0.1, 0.15) is 20.7 Å². The SMILES string of the molecule is COC(=O)c1cc(O)cc(-c2cc(O)cc(C(=O)O)c2)c1. The Hall–Kier alpha value is -3.02. The van der Waals surface area contributed by atoms with Crippen molar-refractivity contribution in [2.45, 2.75) is 0 Å². The fraction of sp³-hybridized carbons (Fsp3) is 0.0667. The molecule has 2 aromatic rings. The number of hydrogen-bond acceptors (Lipinski definition) is 5. The van der Waals surface area contributed by atoms with E-state index in [9.17, 15) is 19.8 Å². The molecule has 0 saturated heterocycles. The molecule has 0 spiro atoms. The van der Waals surface area contributed by atoms with E-state index >= 15 is 0 Å². The smallest absolute Gasteiger partial charge is 0.338 e. The van der Waals surface area contributed by atoms with Gasteiger partial charge < -0.3 is 20.1 Å². The predicted octanol–water partition coefficient (Wildman–Crippen LogP) is 2.25. The molecule has 0 aliphatic rings. The highest BCUT2D eigenvalue weighted by Gasteiger charge is 2.12. The fourth-order valence-corrected chi connectivity index (χ4v) is 1.91. The zero-order chi connectivity index (χ0) is 15.6. The number of esters is 1. The summed E-state index contributed by atoms with van der Waals surface area (Å²) < 4.78 is 4.57. The normalized spacial score (nSPS) is 10.1. The molecule has 3 N–H and O–H groups in total. The molecule has 0 fully saturated rings. The number of aromatic hydroxyl groups is 2. The highest BCUT2D eigenvalue weighted by Crippen LogP contribution is 2.29. The summed E-state index contributed by atoms with van der Waals surface area (Å²) in [6.45, 7) is 0. The summed E-state index contributed by atoms with van der Waals surface area (Å²) in [7, 11) is 1.21. The van der Waals surface area contributed by atoms with Gasteiger partial charge in [-0.15, -0.1) is 0 Å². The molecule has 6 nitrogen and oxygen atoms in total. The highest BCUT2D eigenvalue weighted by molar-refractivity contribution is 5.93. The fourth-order valence-electron chi connectivity index (χ4n) is 1.91. The van der Waals surface area contributed by atoms with Crippen LogP contribution in [-0.4, -0.2) is 34.4 Å². The van der Waals surface area contributed by atoms with Crippen LogP contribution in [0.15, 0.2) is 36.4 Å². The first-order chi connectivity index (χ1) is 9.90. The molecule has 2 aromatic carbocycles. The molecule has 0 atom stereocenters. The van der Waals surface area contributed by atoms with Crippen molar-refractivity contribution in [1.29, 1.82) is 0 Å². The molecule has 0 amide bonds. The minimum atomic E-state index is -1.19. The first kappa shape index (κ1) is 14.4. The van der Waals surface area contributed by atoms with E-state index < -0.39 is 11.9 Å². The Kier molecular flexibility index (Phi) is 3.80. The summed E-state index contributed by atoms with van der Waals surface area (Å²) in [6.07, 6.45) is 0. The Morgan fingerprint density at radius 2 is 1.33 bits per heavy atom. The molecular formula is C15H12O6. The Morgan fingerprint density at radius 3 is 1.81 bits per heavy atom. The molecular weight excluding hydrogens is 276 g/mol. The van der Waals surface area contributed by atoms with Crippen molar-refractivity contribution in [3.8, 4) is 22.6 Å². The minimum Gasteiger partial charge on any atom is -0.508 e. The van der Waals surface area contributed by atoms with Crippen molar-refractivity contribution in [2.24, 2.45) is 0 Å². The topological polar surface area (TPSA) is 104 Å². The Bertz CT molecular complexity index is 720. The van der Waals surface area contributed by atoms with Crippen LogP contribution in [0.25, 0.3) is 11.1 Å². The molecule has 0 radical (unpaired) electrons. The van der Waals surface area contributed by atoms with Gasteiger partial charge in [0, 0.05) is 0 Å². The van der Waals surface area contributed by atoms with Gasteiger partial charge in [-0.25, -0.2) is 9.59 Å². The molecule has 0 aliphatic carbocycles. The van der Waals surface area contributed by atoms with Gasteiger partial charge in [-0.1, -0.05) is 0 Å². The maximum absolute atomic E-state index is 11.5. The first-order valence-corrected chi connectivity index (χ1v) is 5.91. The molecule has 21 heavy (non-hydrogen) atoms. The van der Waals surface area contributed by atoms with Gasteiger partial charge in [-0.05, 0) is 47.5 Å². The van der Waals surface area contributed by atoms with Crippen molar-refractivity contribution < 1.29 is 29.6 Å². The lowest BCUT2D eigenvalue weighted by Crippen LogP contribution is -2.01. The van der Waals surface area contributed by atoms with Gasteiger partial charge in [0.15, 0.2) is 0 Å². The number of hydrogen-bond donors (Lipinski definition) is 3. The standard InChI is InChI=1S/C15H12O6/c1-21-15(20)11-3-9(5-13(17)7-11)8-2-10(14(18)19)6-12(16)4-8/h2-7,16-17H,1H3,(H,18,19). The maximum atomic E-state index is 11.5. The van der Waals surface area contributed by atoms with Crippen molar-refractivity contribution in [3.63, 3.8) is 0 Å². The highest BCUT2D eigenvalue weighted by atomic mass is 16.5. The van der Waals surface area contributed by atoms with Crippen molar-refractivity contribution in [3.05, 3.63) is 47.5 Å². The van der Waals surface area contributed by atoms with Gasteiger partial charge in [-0.2, -0.15) is 0 Å². The van der Waals surface area contributed by atoms with Gasteiger partial charge in [0.05, 0.1) is 18.2 Å². The molecule has 2 rings (SSSR count). The van der Waals surface area contributed by atoms with Crippen LogP contribution in [0.2, 0.25) is 0 Å². The number of carbonyl (C=O) groups excluding carboxylic acids is 1. The van der Waals surface area contributed by atoms with E-state index in [-0.39, 0.29) is 22.6 Å².